The van der Waals surface area contributed by atoms with Crippen LogP contribution in [0, 0.1) is 0 Å². The standard InChI is InChI=1S/C7H17Cl2N2O3P/c8-2-4-11(5-3-9)15(10,13)14-7-1-6-12/h12H,1-7H2,(H2,10,13). The van der Waals surface area contributed by atoms with Crippen molar-refractivity contribution in [1.82, 2.24) is 4.67 Å². The summed E-state index contributed by atoms with van der Waals surface area (Å²) in [5.74, 6) is 0.614. The third kappa shape index (κ3) is 6.74. The maximum Gasteiger partial charge on any atom is 0.340 e. The van der Waals surface area contributed by atoms with E-state index in [1.165, 1.54) is 4.67 Å². The average molecular weight is 279 g/mol. The minimum absolute atomic E-state index is 0.0228. The van der Waals surface area contributed by atoms with Gasteiger partial charge in [-0.05, 0) is 6.42 Å². The Morgan fingerprint density at radius 2 is 1.87 bits per heavy atom. The Labute approximate surface area is 100 Å². The number of aliphatic hydroxyl groups is 1. The van der Waals surface area contributed by atoms with Gasteiger partial charge in [-0.2, -0.15) is 0 Å². The van der Waals surface area contributed by atoms with Crippen molar-refractivity contribution in [3.8, 4) is 0 Å². The number of hydrogen-bond acceptors (Lipinski definition) is 3. The van der Waals surface area contributed by atoms with Crippen LogP contribution >= 0.6 is 30.9 Å². The van der Waals surface area contributed by atoms with Gasteiger partial charge in [-0.1, -0.05) is 0 Å². The molecule has 0 aromatic rings. The van der Waals surface area contributed by atoms with E-state index in [0.29, 0.717) is 31.3 Å². The van der Waals surface area contributed by atoms with Crippen LogP contribution in [0.4, 0.5) is 0 Å². The van der Waals surface area contributed by atoms with Crippen LogP contribution in [0.25, 0.3) is 0 Å². The number of halogens is 2. The van der Waals surface area contributed by atoms with Crippen molar-refractivity contribution in [2.75, 3.05) is 38.1 Å². The Kier molecular flexibility index (Phi) is 9.14. The third-order valence-electron chi connectivity index (χ3n) is 1.66. The molecule has 0 amide bonds. The summed E-state index contributed by atoms with van der Waals surface area (Å²) in [5.41, 5.74) is 5.53. The lowest BCUT2D eigenvalue weighted by Gasteiger charge is -2.26. The maximum absolute atomic E-state index is 11.9. The van der Waals surface area contributed by atoms with Gasteiger partial charge in [-0.3, -0.25) is 4.57 Å². The molecule has 0 rings (SSSR count). The van der Waals surface area contributed by atoms with Gasteiger partial charge in [0.2, 0.25) is 0 Å². The monoisotopic (exact) mass is 278 g/mol. The highest BCUT2D eigenvalue weighted by Crippen LogP contribution is 2.42. The van der Waals surface area contributed by atoms with E-state index in [9.17, 15) is 4.57 Å². The zero-order valence-corrected chi connectivity index (χ0v) is 10.8. The summed E-state index contributed by atoms with van der Waals surface area (Å²) < 4.78 is 18.3. The largest absolute Gasteiger partial charge is 0.396 e. The maximum atomic E-state index is 11.9. The molecule has 0 radical (unpaired) electrons. The molecule has 0 heterocycles. The topological polar surface area (TPSA) is 75.8 Å². The van der Waals surface area contributed by atoms with Crippen LogP contribution in [-0.2, 0) is 9.09 Å². The molecule has 0 spiro atoms. The molecule has 0 aliphatic carbocycles. The zero-order valence-electron chi connectivity index (χ0n) is 8.44. The normalized spacial score (nSPS) is 15.5. The average Bonchev–Trinajstić information content (AvgIpc) is 2.18. The number of aliphatic hydroxyl groups excluding tert-OH is 1. The van der Waals surface area contributed by atoms with Crippen molar-refractivity contribution >= 4 is 30.9 Å². The molecule has 15 heavy (non-hydrogen) atoms. The summed E-state index contributed by atoms with van der Waals surface area (Å²) in [6, 6.07) is 0. The molecule has 1 atom stereocenters. The molecule has 0 bridgehead atoms. The van der Waals surface area contributed by atoms with Crippen LogP contribution in [0.2, 0.25) is 0 Å². The summed E-state index contributed by atoms with van der Waals surface area (Å²) in [7, 11) is -3.31. The van der Waals surface area contributed by atoms with E-state index in [-0.39, 0.29) is 13.2 Å². The fourth-order valence-corrected chi connectivity index (χ4v) is 2.88. The Morgan fingerprint density at radius 1 is 1.33 bits per heavy atom. The number of hydrogen-bond donors (Lipinski definition) is 2. The van der Waals surface area contributed by atoms with Gasteiger partial charge in [0.25, 0.3) is 0 Å². The second kappa shape index (κ2) is 8.76. The molecule has 0 aliphatic rings. The Bertz CT molecular complexity index is 203. The fraction of sp³-hybridized carbons (Fsp3) is 1.00. The molecule has 0 aromatic carbocycles. The summed E-state index contributed by atoms with van der Waals surface area (Å²) >= 11 is 11.1. The van der Waals surface area contributed by atoms with Crippen molar-refractivity contribution < 1.29 is 14.2 Å². The highest BCUT2D eigenvalue weighted by molar-refractivity contribution is 7.53. The zero-order chi connectivity index (χ0) is 11.7. The Balaban J connectivity index is 4.15. The van der Waals surface area contributed by atoms with E-state index in [0.717, 1.165) is 0 Å². The molecular weight excluding hydrogens is 262 g/mol. The molecular formula is C7H17Cl2N2O3P. The fourth-order valence-electron chi connectivity index (χ4n) is 0.927. The molecule has 0 fully saturated rings. The van der Waals surface area contributed by atoms with Crippen LogP contribution in [0.15, 0.2) is 0 Å². The lowest BCUT2D eigenvalue weighted by atomic mass is 10.5. The van der Waals surface area contributed by atoms with E-state index in [1.54, 1.807) is 0 Å². The molecule has 0 aliphatic heterocycles. The number of nitrogens with zero attached hydrogens (tertiary/aromatic N) is 1. The van der Waals surface area contributed by atoms with Crippen LogP contribution in [0.3, 0.4) is 0 Å². The molecule has 0 saturated heterocycles. The van der Waals surface area contributed by atoms with E-state index in [1.807, 2.05) is 0 Å². The lowest BCUT2D eigenvalue weighted by Crippen LogP contribution is -2.29. The summed E-state index contributed by atoms with van der Waals surface area (Å²) in [6.07, 6.45) is 0.400. The van der Waals surface area contributed by atoms with Crippen molar-refractivity contribution in [1.29, 1.82) is 0 Å². The second-order valence-corrected chi connectivity index (χ2v) is 5.51. The quantitative estimate of drug-likeness (QED) is 0.377. The predicted molar refractivity (Wildman–Crippen MR) is 62.5 cm³/mol. The molecule has 3 N–H and O–H groups in total. The van der Waals surface area contributed by atoms with Gasteiger partial charge >= 0.3 is 7.67 Å². The van der Waals surface area contributed by atoms with Crippen LogP contribution in [0.1, 0.15) is 6.42 Å². The Morgan fingerprint density at radius 3 is 2.27 bits per heavy atom. The van der Waals surface area contributed by atoms with Gasteiger partial charge in [0.15, 0.2) is 0 Å². The van der Waals surface area contributed by atoms with Gasteiger partial charge in [-0.25, -0.2) is 10.2 Å². The van der Waals surface area contributed by atoms with Gasteiger partial charge in [0, 0.05) is 31.5 Å². The van der Waals surface area contributed by atoms with Crippen molar-refractivity contribution in [2.24, 2.45) is 5.50 Å². The van der Waals surface area contributed by atoms with Gasteiger partial charge < -0.3 is 9.63 Å². The Hall–Kier alpha value is 0.650. The first-order chi connectivity index (χ1) is 7.08. The molecule has 0 saturated carbocycles. The second-order valence-electron chi connectivity index (χ2n) is 2.81. The molecule has 8 heteroatoms. The SMILES string of the molecule is NP(=O)(OCCCO)N(CCCl)CCCl. The molecule has 5 nitrogen and oxygen atoms in total. The molecule has 92 valence electrons. The first-order valence-corrected chi connectivity index (χ1v) is 7.31. The highest BCUT2D eigenvalue weighted by Gasteiger charge is 2.25. The first-order valence-electron chi connectivity index (χ1n) is 4.60. The van der Waals surface area contributed by atoms with Gasteiger partial charge in [0.05, 0.1) is 6.61 Å². The molecule has 0 aromatic heterocycles. The van der Waals surface area contributed by atoms with E-state index >= 15 is 0 Å². The summed E-state index contributed by atoms with van der Waals surface area (Å²) in [5, 5.41) is 8.54. The van der Waals surface area contributed by atoms with E-state index < -0.39 is 7.67 Å². The van der Waals surface area contributed by atoms with E-state index in [2.05, 4.69) is 0 Å². The molecule has 1 unspecified atom stereocenters. The van der Waals surface area contributed by atoms with Crippen molar-refractivity contribution in [3.63, 3.8) is 0 Å². The van der Waals surface area contributed by atoms with Crippen LogP contribution in [0.5, 0.6) is 0 Å². The van der Waals surface area contributed by atoms with Crippen LogP contribution in [-0.4, -0.2) is 47.8 Å². The number of nitrogens with two attached hydrogens (primary N) is 1. The summed E-state index contributed by atoms with van der Waals surface area (Å²) in [4.78, 5) is 0. The third-order valence-corrected chi connectivity index (χ3v) is 3.74. The smallest absolute Gasteiger partial charge is 0.340 e. The van der Waals surface area contributed by atoms with Crippen LogP contribution < -0.4 is 5.50 Å². The predicted octanol–water partition coefficient (Wildman–Crippen LogP) is 1.23. The van der Waals surface area contributed by atoms with Crippen molar-refractivity contribution in [2.45, 2.75) is 6.42 Å². The van der Waals surface area contributed by atoms with E-state index in [4.69, 9.17) is 38.3 Å². The first kappa shape index (κ1) is 15.7. The van der Waals surface area contributed by atoms with Gasteiger partial charge in [0.1, 0.15) is 0 Å². The number of alkyl halides is 2. The minimum atomic E-state index is -3.31. The van der Waals surface area contributed by atoms with Gasteiger partial charge in [-0.15, -0.1) is 23.2 Å². The minimum Gasteiger partial charge on any atom is -0.396 e. The number of rotatable bonds is 9. The lowest BCUT2D eigenvalue weighted by molar-refractivity contribution is 0.218. The highest BCUT2D eigenvalue weighted by atomic mass is 35.5. The van der Waals surface area contributed by atoms with Crippen molar-refractivity contribution in [3.05, 3.63) is 0 Å². The summed E-state index contributed by atoms with van der Waals surface area (Å²) in [6.45, 7) is 0.860.